The second-order valence-corrected chi connectivity index (χ2v) is 6.55. The standard InChI is InChI=1S/C18H27NO/c1-14-8-9-18-16(11-14)12-17(20-18)13-19-10-4-7-15-5-2-3-6-15/h8-9,11,15,17,19H,2-7,10,12-13H2,1H3. The van der Waals surface area contributed by atoms with Gasteiger partial charge in [-0.1, -0.05) is 43.4 Å². The molecule has 1 aliphatic carbocycles. The number of ether oxygens (including phenoxy) is 1. The fraction of sp³-hybridized carbons (Fsp3) is 0.667. The number of fused-ring (bicyclic) bond motifs is 1. The van der Waals surface area contributed by atoms with Gasteiger partial charge in [0.25, 0.3) is 0 Å². The van der Waals surface area contributed by atoms with Crippen LogP contribution in [0.1, 0.15) is 49.7 Å². The first kappa shape index (κ1) is 13.9. The van der Waals surface area contributed by atoms with Gasteiger partial charge in [0.1, 0.15) is 11.9 Å². The summed E-state index contributed by atoms with van der Waals surface area (Å²) in [5.41, 5.74) is 2.71. The third-order valence-corrected chi connectivity index (χ3v) is 4.77. The van der Waals surface area contributed by atoms with Crippen LogP contribution in [0.25, 0.3) is 0 Å². The molecule has 0 amide bonds. The quantitative estimate of drug-likeness (QED) is 0.795. The molecule has 1 unspecified atom stereocenters. The lowest BCUT2D eigenvalue weighted by atomic mass is 10.0. The molecule has 20 heavy (non-hydrogen) atoms. The molecule has 110 valence electrons. The van der Waals surface area contributed by atoms with Gasteiger partial charge in [0.15, 0.2) is 0 Å². The normalized spacial score (nSPS) is 21.9. The Morgan fingerprint density at radius 2 is 2.10 bits per heavy atom. The molecule has 0 spiro atoms. The minimum Gasteiger partial charge on any atom is -0.488 e. The predicted molar refractivity (Wildman–Crippen MR) is 83.4 cm³/mol. The average molecular weight is 273 g/mol. The third-order valence-electron chi connectivity index (χ3n) is 4.77. The Hall–Kier alpha value is -1.02. The molecule has 1 aliphatic heterocycles. The van der Waals surface area contributed by atoms with Crippen LogP contribution >= 0.6 is 0 Å². The van der Waals surface area contributed by atoms with Crippen LogP contribution in [0.15, 0.2) is 18.2 Å². The maximum absolute atomic E-state index is 5.98. The monoisotopic (exact) mass is 273 g/mol. The van der Waals surface area contributed by atoms with E-state index in [1.165, 1.54) is 49.7 Å². The Kier molecular flexibility index (Phi) is 4.62. The molecule has 2 nitrogen and oxygen atoms in total. The first-order chi connectivity index (χ1) is 9.81. The van der Waals surface area contributed by atoms with Crippen LogP contribution in [0, 0.1) is 12.8 Å². The molecule has 1 fully saturated rings. The first-order valence-electron chi connectivity index (χ1n) is 8.28. The summed E-state index contributed by atoms with van der Waals surface area (Å²) in [7, 11) is 0. The highest BCUT2D eigenvalue weighted by Crippen LogP contribution is 2.29. The fourth-order valence-corrected chi connectivity index (χ4v) is 3.64. The van der Waals surface area contributed by atoms with E-state index in [0.29, 0.717) is 6.10 Å². The predicted octanol–water partition coefficient (Wildman–Crippen LogP) is 3.86. The Morgan fingerprint density at radius 3 is 2.95 bits per heavy atom. The molecule has 1 N–H and O–H groups in total. The highest BCUT2D eigenvalue weighted by Gasteiger charge is 2.22. The van der Waals surface area contributed by atoms with Crippen molar-refractivity contribution in [2.24, 2.45) is 5.92 Å². The maximum Gasteiger partial charge on any atom is 0.123 e. The zero-order valence-corrected chi connectivity index (χ0v) is 12.7. The minimum atomic E-state index is 0.332. The fourth-order valence-electron chi connectivity index (χ4n) is 3.64. The maximum atomic E-state index is 5.98. The summed E-state index contributed by atoms with van der Waals surface area (Å²) in [6, 6.07) is 6.51. The van der Waals surface area contributed by atoms with Gasteiger partial charge in [-0.2, -0.15) is 0 Å². The molecule has 2 heteroatoms. The van der Waals surface area contributed by atoms with Crippen LogP contribution in [0.3, 0.4) is 0 Å². The van der Waals surface area contributed by atoms with Crippen LogP contribution in [0.5, 0.6) is 5.75 Å². The van der Waals surface area contributed by atoms with Gasteiger partial charge in [-0.15, -0.1) is 0 Å². The van der Waals surface area contributed by atoms with Crippen molar-refractivity contribution in [3.8, 4) is 5.75 Å². The van der Waals surface area contributed by atoms with Crippen LogP contribution in [-0.2, 0) is 6.42 Å². The Labute approximate surface area is 122 Å². The number of hydrogen-bond acceptors (Lipinski definition) is 2. The number of aryl methyl sites for hydroxylation is 1. The van der Waals surface area contributed by atoms with E-state index in [4.69, 9.17) is 4.74 Å². The summed E-state index contributed by atoms with van der Waals surface area (Å²) >= 11 is 0. The lowest BCUT2D eigenvalue weighted by Crippen LogP contribution is -2.30. The molecule has 0 aromatic heterocycles. The van der Waals surface area contributed by atoms with Crippen molar-refractivity contribution in [3.63, 3.8) is 0 Å². The van der Waals surface area contributed by atoms with Crippen molar-refractivity contribution in [2.75, 3.05) is 13.1 Å². The van der Waals surface area contributed by atoms with Gasteiger partial charge in [0.05, 0.1) is 0 Å². The van der Waals surface area contributed by atoms with E-state index in [0.717, 1.165) is 31.2 Å². The number of nitrogens with one attached hydrogen (secondary N) is 1. The topological polar surface area (TPSA) is 21.3 Å². The smallest absolute Gasteiger partial charge is 0.123 e. The summed E-state index contributed by atoms with van der Waals surface area (Å²) in [5.74, 6) is 2.11. The van der Waals surface area contributed by atoms with Crippen molar-refractivity contribution in [1.82, 2.24) is 5.32 Å². The summed E-state index contributed by atoms with van der Waals surface area (Å²) in [4.78, 5) is 0. The number of hydrogen-bond donors (Lipinski definition) is 1. The Balaban J connectivity index is 1.32. The second-order valence-electron chi connectivity index (χ2n) is 6.55. The molecule has 1 aromatic rings. The second kappa shape index (κ2) is 6.62. The zero-order valence-electron chi connectivity index (χ0n) is 12.7. The van der Waals surface area contributed by atoms with E-state index in [1.807, 2.05) is 0 Å². The lowest BCUT2D eigenvalue weighted by Gasteiger charge is -2.13. The largest absolute Gasteiger partial charge is 0.488 e. The SMILES string of the molecule is Cc1ccc2c(c1)CC(CNCCCC1CCCC1)O2. The average Bonchev–Trinajstić information content (AvgIpc) is 3.06. The van der Waals surface area contributed by atoms with E-state index < -0.39 is 0 Å². The van der Waals surface area contributed by atoms with Gasteiger partial charge in [0, 0.05) is 13.0 Å². The number of rotatable bonds is 6. The van der Waals surface area contributed by atoms with Crippen LogP contribution < -0.4 is 10.1 Å². The van der Waals surface area contributed by atoms with E-state index in [1.54, 1.807) is 0 Å². The van der Waals surface area contributed by atoms with Crippen molar-refractivity contribution in [1.29, 1.82) is 0 Å². The third kappa shape index (κ3) is 3.54. The van der Waals surface area contributed by atoms with E-state index >= 15 is 0 Å². The molecule has 2 aliphatic rings. The van der Waals surface area contributed by atoms with Gasteiger partial charge < -0.3 is 10.1 Å². The zero-order chi connectivity index (χ0) is 13.8. The van der Waals surface area contributed by atoms with E-state index in [2.05, 4.69) is 30.4 Å². The molecule has 1 heterocycles. The van der Waals surface area contributed by atoms with Crippen molar-refractivity contribution >= 4 is 0 Å². The molecular formula is C18H27NO. The molecule has 0 bridgehead atoms. The minimum absolute atomic E-state index is 0.332. The molecular weight excluding hydrogens is 246 g/mol. The molecule has 0 radical (unpaired) electrons. The Morgan fingerprint density at radius 1 is 1.25 bits per heavy atom. The van der Waals surface area contributed by atoms with E-state index in [9.17, 15) is 0 Å². The first-order valence-corrected chi connectivity index (χ1v) is 8.28. The van der Waals surface area contributed by atoms with E-state index in [-0.39, 0.29) is 0 Å². The summed E-state index contributed by atoms with van der Waals surface area (Å²) in [5, 5.41) is 3.58. The summed E-state index contributed by atoms with van der Waals surface area (Å²) in [6.07, 6.45) is 10.0. The van der Waals surface area contributed by atoms with Crippen molar-refractivity contribution in [3.05, 3.63) is 29.3 Å². The van der Waals surface area contributed by atoms with Gasteiger partial charge in [-0.3, -0.25) is 0 Å². The molecule has 1 saturated carbocycles. The molecule has 1 aromatic carbocycles. The van der Waals surface area contributed by atoms with Gasteiger partial charge in [-0.05, 0) is 43.9 Å². The Bertz CT molecular complexity index is 437. The van der Waals surface area contributed by atoms with Gasteiger partial charge in [0.2, 0.25) is 0 Å². The van der Waals surface area contributed by atoms with Crippen molar-refractivity contribution < 1.29 is 4.74 Å². The van der Waals surface area contributed by atoms with Crippen LogP contribution in [0.4, 0.5) is 0 Å². The summed E-state index contributed by atoms with van der Waals surface area (Å²) < 4.78 is 5.98. The highest BCUT2D eigenvalue weighted by atomic mass is 16.5. The molecule has 0 saturated heterocycles. The molecule has 3 rings (SSSR count). The van der Waals surface area contributed by atoms with Gasteiger partial charge >= 0.3 is 0 Å². The number of benzene rings is 1. The van der Waals surface area contributed by atoms with Crippen LogP contribution in [0.2, 0.25) is 0 Å². The molecule has 1 atom stereocenters. The lowest BCUT2D eigenvalue weighted by molar-refractivity contribution is 0.227. The van der Waals surface area contributed by atoms with Crippen molar-refractivity contribution in [2.45, 2.75) is 58.0 Å². The summed E-state index contributed by atoms with van der Waals surface area (Å²) in [6.45, 7) is 4.28. The highest BCUT2D eigenvalue weighted by molar-refractivity contribution is 5.40. The van der Waals surface area contributed by atoms with Crippen LogP contribution in [-0.4, -0.2) is 19.2 Å². The van der Waals surface area contributed by atoms with Gasteiger partial charge in [-0.25, -0.2) is 0 Å².